The summed E-state index contributed by atoms with van der Waals surface area (Å²) in [6.45, 7) is 5.23. The number of halogens is 1. The molecule has 0 spiro atoms. The topological polar surface area (TPSA) is 129 Å². The average Bonchev–Trinajstić information content (AvgIpc) is 3.77. The van der Waals surface area contributed by atoms with E-state index in [1.54, 1.807) is 38.5 Å². The molecule has 4 saturated heterocycles. The Morgan fingerprint density at radius 3 is 2.71 bits per heavy atom. The van der Waals surface area contributed by atoms with E-state index in [0.29, 0.717) is 70.5 Å². The van der Waals surface area contributed by atoms with Crippen LogP contribution < -0.4 is 15.0 Å². The number of hydrogen-bond donors (Lipinski definition) is 2. The number of rotatable bonds is 8. The number of piperazine rings is 1. The number of amides is 1. The smallest absolute Gasteiger partial charge is 0.409 e. The van der Waals surface area contributed by atoms with Gasteiger partial charge in [0.15, 0.2) is 11.5 Å². The lowest BCUT2D eigenvalue weighted by Gasteiger charge is -2.35. The van der Waals surface area contributed by atoms with E-state index in [1.807, 2.05) is 6.92 Å². The molecule has 4 atom stereocenters. The highest BCUT2D eigenvalue weighted by Crippen LogP contribution is 2.43. The second kappa shape index (κ2) is 12.5. The molecule has 4 aliphatic rings. The fourth-order valence-corrected chi connectivity index (χ4v) is 8.59. The van der Waals surface area contributed by atoms with Crippen LogP contribution in [0.3, 0.4) is 0 Å². The van der Waals surface area contributed by atoms with Gasteiger partial charge in [-0.3, -0.25) is 4.90 Å². The molecule has 8 rings (SSSR count). The summed E-state index contributed by atoms with van der Waals surface area (Å²) in [5, 5.41) is 16.4. The number of nitrogens with zero attached hydrogens (tertiary/aromatic N) is 7. The van der Waals surface area contributed by atoms with E-state index in [2.05, 4.69) is 15.1 Å². The number of carbonyl (C=O) groups excluding carboxylic acids is 1. The molecule has 2 aromatic heterocycles. The number of fused-ring (bicyclic) bond motifs is 5. The number of ether oxygens (including phenoxy) is 2. The van der Waals surface area contributed by atoms with Gasteiger partial charge in [-0.05, 0) is 86.0 Å². The maximum atomic E-state index is 15.0. The first kappa shape index (κ1) is 31.9. The van der Waals surface area contributed by atoms with Crippen molar-refractivity contribution in [3.8, 4) is 23.1 Å². The normalized spacial score (nSPS) is 24.9. The van der Waals surface area contributed by atoms with Crippen molar-refractivity contribution in [2.45, 2.75) is 75.5 Å². The quantitative estimate of drug-likeness (QED) is 0.272. The Balaban J connectivity index is 1.15. The van der Waals surface area contributed by atoms with E-state index in [-0.39, 0.29) is 35.3 Å². The highest BCUT2D eigenvalue weighted by atomic mass is 19.1. The van der Waals surface area contributed by atoms with Gasteiger partial charge in [0.05, 0.1) is 10.9 Å². The highest BCUT2D eigenvalue weighted by molar-refractivity contribution is 6.00. The summed E-state index contributed by atoms with van der Waals surface area (Å²) in [6, 6.07) is 7.50. The molecule has 0 radical (unpaired) electrons. The van der Waals surface area contributed by atoms with Crippen LogP contribution in [0.1, 0.15) is 51.0 Å². The molecular formula is C36H43FN8O4. The first-order valence-corrected chi connectivity index (χ1v) is 17.5. The van der Waals surface area contributed by atoms with Crippen LogP contribution in [0.25, 0.3) is 33.2 Å². The monoisotopic (exact) mass is 670 g/mol. The standard InChI is InChI=1S/C36H43FN8O4/c1-4-26-29(37)9-6-21-14-25(46)15-27(30(21)26)31-38-16-28-32(40-31)41-34(42-33(28)44-17-22-7-8-23(18-44)39-22)49-20-36-11-5-13-45(36)24(10-12-36)19-48-35(47)43(2)3/h6,9,14-16,22-24,39,46H,4-5,7-8,10-13,17-20H2,1-3H3/t22?,23?,24-,36-/m1/s1. The van der Waals surface area contributed by atoms with Crippen molar-refractivity contribution in [2.24, 2.45) is 0 Å². The number of phenols is 1. The van der Waals surface area contributed by atoms with Crippen molar-refractivity contribution in [1.29, 1.82) is 0 Å². The van der Waals surface area contributed by atoms with Crippen LogP contribution in [0.5, 0.6) is 11.8 Å². The molecule has 13 heteroatoms. The van der Waals surface area contributed by atoms with Gasteiger partial charge in [-0.1, -0.05) is 13.0 Å². The summed E-state index contributed by atoms with van der Waals surface area (Å²) in [5.41, 5.74) is 1.34. The van der Waals surface area contributed by atoms with Crippen LogP contribution in [-0.2, 0) is 11.2 Å². The Bertz CT molecular complexity index is 1910. The number of aryl methyl sites for hydroxylation is 1. The highest BCUT2D eigenvalue weighted by Gasteiger charge is 2.50. The minimum atomic E-state index is -0.331. The summed E-state index contributed by atoms with van der Waals surface area (Å²) in [5.74, 6) is 0.833. The lowest BCUT2D eigenvalue weighted by atomic mass is 9.95. The molecule has 2 N–H and O–H groups in total. The number of aromatic nitrogens is 4. The molecule has 6 heterocycles. The van der Waals surface area contributed by atoms with Gasteiger partial charge in [0.25, 0.3) is 0 Å². The van der Waals surface area contributed by atoms with E-state index in [4.69, 9.17) is 29.4 Å². The van der Waals surface area contributed by atoms with Crippen LogP contribution in [0.2, 0.25) is 0 Å². The van der Waals surface area contributed by atoms with Crippen LogP contribution in [0.15, 0.2) is 30.5 Å². The third kappa shape index (κ3) is 5.76. The third-order valence-electron chi connectivity index (χ3n) is 10.9. The second-order valence-corrected chi connectivity index (χ2v) is 14.2. The number of carbonyl (C=O) groups is 1. The summed E-state index contributed by atoms with van der Waals surface area (Å²) in [6.07, 6.45) is 8.03. The molecule has 4 aromatic rings. The maximum absolute atomic E-state index is 15.0. The zero-order valence-corrected chi connectivity index (χ0v) is 28.3. The van der Waals surface area contributed by atoms with Gasteiger partial charge in [-0.15, -0.1) is 0 Å². The Hall–Kier alpha value is -4.36. The Kier molecular flexibility index (Phi) is 8.14. The lowest BCUT2D eigenvalue weighted by molar-refractivity contribution is 0.0484. The molecule has 0 aliphatic carbocycles. The van der Waals surface area contributed by atoms with Crippen molar-refractivity contribution in [2.75, 3.05) is 51.8 Å². The third-order valence-corrected chi connectivity index (χ3v) is 10.9. The van der Waals surface area contributed by atoms with Gasteiger partial charge < -0.3 is 29.7 Å². The molecule has 12 nitrogen and oxygen atoms in total. The molecule has 4 fully saturated rings. The fourth-order valence-electron chi connectivity index (χ4n) is 8.59. The summed E-state index contributed by atoms with van der Waals surface area (Å²) in [4.78, 5) is 37.9. The first-order chi connectivity index (χ1) is 23.7. The molecule has 2 unspecified atom stereocenters. The molecule has 258 valence electrons. The van der Waals surface area contributed by atoms with Gasteiger partial charge in [-0.2, -0.15) is 9.97 Å². The SMILES string of the molecule is CCc1c(F)ccc2cc(O)cc(-c3ncc4c(N5CC6CCC(C5)N6)nc(OC[C@]56CCCN5[C@@H](COC(=O)N(C)C)CC6)nc4n3)c12. The van der Waals surface area contributed by atoms with Crippen LogP contribution >= 0.6 is 0 Å². The van der Waals surface area contributed by atoms with Gasteiger partial charge in [0.1, 0.15) is 30.6 Å². The molecule has 1 amide bonds. The lowest BCUT2D eigenvalue weighted by Crippen LogP contribution is -2.51. The predicted molar refractivity (Wildman–Crippen MR) is 183 cm³/mol. The Morgan fingerprint density at radius 1 is 1.12 bits per heavy atom. The molecule has 4 aliphatic heterocycles. The summed E-state index contributed by atoms with van der Waals surface area (Å²) < 4.78 is 27.1. The minimum Gasteiger partial charge on any atom is -0.508 e. The number of anilines is 1. The van der Waals surface area contributed by atoms with E-state index in [9.17, 15) is 9.90 Å². The fraction of sp³-hybridized carbons (Fsp3) is 0.528. The first-order valence-electron chi connectivity index (χ1n) is 17.5. The van der Waals surface area contributed by atoms with Crippen molar-refractivity contribution < 1.29 is 23.8 Å². The largest absolute Gasteiger partial charge is 0.508 e. The predicted octanol–water partition coefficient (Wildman–Crippen LogP) is 4.66. The van der Waals surface area contributed by atoms with Crippen molar-refractivity contribution >= 4 is 33.7 Å². The summed E-state index contributed by atoms with van der Waals surface area (Å²) >= 11 is 0. The Morgan fingerprint density at radius 2 is 1.94 bits per heavy atom. The number of nitrogens with one attached hydrogen (secondary N) is 1. The Labute approximate surface area is 284 Å². The number of benzene rings is 2. The van der Waals surface area contributed by atoms with E-state index < -0.39 is 0 Å². The van der Waals surface area contributed by atoms with Crippen LogP contribution in [0, 0.1) is 5.82 Å². The van der Waals surface area contributed by atoms with Gasteiger partial charge in [0, 0.05) is 57.1 Å². The average molecular weight is 671 g/mol. The number of aromatic hydroxyl groups is 1. The minimum absolute atomic E-state index is 0.0512. The van der Waals surface area contributed by atoms with E-state index in [0.717, 1.165) is 64.0 Å². The molecule has 0 saturated carbocycles. The van der Waals surface area contributed by atoms with E-state index >= 15 is 4.39 Å². The molecule has 2 bridgehead atoms. The van der Waals surface area contributed by atoms with Crippen molar-refractivity contribution in [3.63, 3.8) is 0 Å². The molecule has 49 heavy (non-hydrogen) atoms. The number of phenolic OH excluding ortho intramolecular Hbond substituents is 1. The zero-order chi connectivity index (χ0) is 33.9. The van der Waals surface area contributed by atoms with Crippen LogP contribution in [-0.4, -0.2) is 112 Å². The van der Waals surface area contributed by atoms with Gasteiger partial charge in [-0.25, -0.2) is 19.2 Å². The van der Waals surface area contributed by atoms with Crippen molar-refractivity contribution in [1.82, 2.24) is 35.1 Å². The van der Waals surface area contributed by atoms with Crippen molar-refractivity contribution in [3.05, 3.63) is 41.8 Å². The zero-order valence-electron chi connectivity index (χ0n) is 28.3. The van der Waals surface area contributed by atoms with Gasteiger partial charge in [0.2, 0.25) is 0 Å². The second-order valence-electron chi connectivity index (χ2n) is 14.2. The number of hydrogen-bond acceptors (Lipinski definition) is 11. The summed E-state index contributed by atoms with van der Waals surface area (Å²) in [7, 11) is 3.38. The van der Waals surface area contributed by atoms with Gasteiger partial charge >= 0.3 is 12.1 Å². The van der Waals surface area contributed by atoms with E-state index in [1.165, 1.54) is 11.0 Å². The maximum Gasteiger partial charge on any atom is 0.409 e. The molecular weight excluding hydrogens is 627 g/mol. The van der Waals surface area contributed by atoms with Crippen LogP contribution in [0.4, 0.5) is 15.0 Å². The molecule has 2 aromatic carbocycles.